The molecule has 0 saturated heterocycles. The van der Waals surface area contributed by atoms with Crippen molar-refractivity contribution in [1.29, 1.82) is 0 Å². The fourth-order valence-corrected chi connectivity index (χ4v) is 3.21. The van der Waals surface area contributed by atoms with Crippen LogP contribution in [0, 0.1) is 20.8 Å². The standard InChI is InChI=1S/C15H17NOS/c1-11-6-7-12(2)14(9-11)10-18(17)15-13(3)5-4-8-16-15/h4-9H,10H2,1-3H3. The smallest absolute Gasteiger partial charge is 0.130 e. The maximum Gasteiger partial charge on any atom is 0.130 e. The molecule has 0 aliphatic rings. The Morgan fingerprint density at radius 2 is 1.89 bits per heavy atom. The van der Waals surface area contributed by atoms with Gasteiger partial charge in [-0.15, -0.1) is 0 Å². The van der Waals surface area contributed by atoms with Crippen LogP contribution in [0.5, 0.6) is 0 Å². The van der Waals surface area contributed by atoms with Crippen LogP contribution in [0.4, 0.5) is 0 Å². The van der Waals surface area contributed by atoms with Crippen LogP contribution in [-0.4, -0.2) is 9.19 Å². The van der Waals surface area contributed by atoms with Gasteiger partial charge in [-0.3, -0.25) is 4.21 Å². The zero-order valence-electron chi connectivity index (χ0n) is 10.9. The normalized spacial score (nSPS) is 12.4. The Kier molecular flexibility index (Phi) is 3.92. The number of rotatable bonds is 3. The van der Waals surface area contributed by atoms with Crippen LogP contribution in [0.2, 0.25) is 0 Å². The highest BCUT2D eigenvalue weighted by molar-refractivity contribution is 7.84. The summed E-state index contributed by atoms with van der Waals surface area (Å²) in [6, 6.07) is 10.1. The summed E-state index contributed by atoms with van der Waals surface area (Å²) in [5.74, 6) is 0.533. The van der Waals surface area contributed by atoms with Crippen LogP contribution in [0.25, 0.3) is 0 Å². The number of hydrogen-bond acceptors (Lipinski definition) is 2. The SMILES string of the molecule is Cc1ccc(C)c(CS(=O)c2ncccc2C)c1. The summed E-state index contributed by atoms with van der Waals surface area (Å²) in [5.41, 5.74) is 4.51. The number of benzene rings is 1. The number of pyridine rings is 1. The molecule has 94 valence electrons. The highest BCUT2D eigenvalue weighted by atomic mass is 32.2. The largest absolute Gasteiger partial charge is 0.252 e. The van der Waals surface area contributed by atoms with Crippen LogP contribution in [-0.2, 0) is 16.6 Å². The summed E-state index contributed by atoms with van der Waals surface area (Å²) < 4.78 is 12.3. The molecule has 2 rings (SSSR count). The van der Waals surface area contributed by atoms with Gasteiger partial charge in [0.25, 0.3) is 0 Å². The Morgan fingerprint density at radius 3 is 2.61 bits per heavy atom. The van der Waals surface area contributed by atoms with Gasteiger partial charge in [-0.1, -0.05) is 29.8 Å². The van der Waals surface area contributed by atoms with E-state index in [4.69, 9.17) is 0 Å². The highest BCUT2D eigenvalue weighted by Gasteiger charge is 2.10. The van der Waals surface area contributed by atoms with Crippen LogP contribution >= 0.6 is 0 Å². The molecule has 1 unspecified atom stereocenters. The molecule has 0 amide bonds. The molecule has 0 saturated carbocycles. The molecule has 2 nitrogen and oxygen atoms in total. The highest BCUT2D eigenvalue weighted by Crippen LogP contribution is 2.17. The molecule has 0 spiro atoms. The zero-order chi connectivity index (χ0) is 13.1. The Hall–Kier alpha value is -1.48. The van der Waals surface area contributed by atoms with E-state index in [-0.39, 0.29) is 0 Å². The molecular formula is C15H17NOS. The maximum absolute atomic E-state index is 12.3. The fourth-order valence-electron chi connectivity index (χ4n) is 1.87. The summed E-state index contributed by atoms with van der Waals surface area (Å²) in [6.07, 6.45) is 1.70. The molecule has 0 fully saturated rings. The molecule has 3 heteroatoms. The molecule has 1 heterocycles. The summed E-state index contributed by atoms with van der Waals surface area (Å²) in [7, 11) is -1.08. The Morgan fingerprint density at radius 1 is 1.11 bits per heavy atom. The molecule has 2 aromatic rings. The van der Waals surface area contributed by atoms with Gasteiger partial charge in [0.2, 0.25) is 0 Å². The third-order valence-electron chi connectivity index (χ3n) is 2.97. The van der Waals surface area contributed by atoms with Crippen molar-refractivity contribution in [3.8, 4) is 0 Å². The number of aryl methyl sites for hydroxylation is 3. The van der Waals surface area contributed by atoms with Gasteiger partial charge >= 0.3 is 0 Å². The van der Waals surface area contributed by atoms with Crippen LogP contribution in [0.3, 0.4) is 0 Å². The van der Waals surface area contributed by atoms with E-state index in [1.807, 2.05) is 19.1 Å². The van der Waals surface area contributed by atoms with Crippen molar-refractivity contribution >= 4 is 10.8 Å². The minimum absolute atomic E-state index is 0.533. The van der Waals surface area contributed by atoms with Crippen molar-refractivity contribution < 1.29 is 4.21 Å². The monoisotopic (exact) mass is 259 g/mol. The number of hydrogen-bond donors (Lipinski definition) is 0. The zero-order valence-corrected chi connectivity index (χ0v) is 11.8. The molecule has 0 bridgehead atoms. The van der Waals surface area contributed by atoms with E-state index in [1.165, 1.54) is 11.1 Å². The van der Waals surface area contributed by atoms with Gasteiger partial charge < -0.3 is 0 Å². The summed E-state index contributed by atoms with van der Waals surface area (Å²) in [5, 5.41) is 0.693. The Balaban J connectivity index is 2.27. The van der Waals surface area contributed by atoms with E-state index in [0.29, 0.717) is 10.8 Å². The van der Waals surface area contributed by atoms with Gasteiger partial charge in [0.05, 0.1) is 16.6 Å². The van der Waals surface area contributed by atoms with Gasteiger partial charge in [0.15, 0.2) is 0 Å². The summed E-state index contributed by atoms with van der Waals surface area (Å²) in [6.45, 7) is 6.05. The summed E-state index contributed by atoms with van der Waals surface area (Å²) >= 11 is 0. The van der Waals surface area contributed by atoms with Gasteiger partial charge in [0, 0.05) is 6.20 Å². The Bertz CT molecular complexity index is 593. The van der Waals surface area contributed by atoms with Crippen molar-refractivity contribution in [1.82, 2.24) is 4.98 Å². The first-order valence-corrected chi connectivity index (χ1v) is 7.26. The first kappa shape index (κ1) is 13.0. The minimum Gasteiger partial charge on any atom is -0.252 e. The Labute approximate surface area is 111 Å². The molecule has 0 aliphatic carbocycles. The quantitative estimate of drug-likeness (QED) is 0.846. The third-order valence-corrected chi connectivity index (χ3v) is 4.40. The van der Waals surface area contributed by atoms with Crippen molar-refractivity contribution in [3.63, 3.8) is 0 Å². The second-order valence-corrected chi connectivity index (χ2v) is 5.91. The average molecular weight is 259 g/mol. The van der Waals surface area contributed by atoms with E-state index in [2.05, 4.69) is 37.0 Å². The molecular weight excluding hydrogens is 242 g/mol. The lowest BCUT2D eigenvalue weighted by atomic mass is 10.1. The molecule has 1 aromatic carbocycles. The molecule has 0 radical (unpaired) electrons. The molecule has 0 aliphatic heterocycles. The van der Waals surface area contributed by atoms with Crippen LogP contribution in [0.1, 0.15) is 22.3 Å². The third kappa shape index (κ3) is 2.85. The van der Waals surface area contributed by atoms with Gasteiger partial charge in [-0.25, -0.2) is 4.98 Å². The van der Waals surface area contributed by atoms with Gasteiger partial charge in [-0.2, -0.15) is 0 Å². The lowest BCUT2D eigenvalue weighted by Crippen LogP contribution is -2.02. The van der Waals surface area contributed by atoms with Gasteiger partial charge in [-0.05, 0) is 43.5 Å². The fraction of sp³-hybridized carbons (Fsp3) is 0.267. The second kappa shape index (κ2) is 5.44. The second-order valence-electron chi connectivity index (χ2n) is 4.55. The van der Waals surface area contributed by atoms with Crippen LogP contribution < -0.4 is 0 Å². The van der Waals surface area contributed by atoms with Crippen molar-refractivity contribution in [2.45, 2.75) is 31.6 Å². The average Bonchev–Trinajstić information content (AvgIpc) is 2.34. The van der Waals surface area contributed by atoms with E-state index in [1.54, 1.807) is 6.20 Å². The van der Waals surface area contributed by atoms with Crippen molar-refractivity contribution in [2.24, 2.45) is 0 Å². The van der Waals surface area contributed by atoms with E-state index < -0.39 is 10.8 Å². The predicted octanol–water partition coefficient (Wildman–Crippen LogP) is 3.31. The minimum atomic E-state index is -1.08. The molecule has 1 aromatic heterocycles. The molecule has 18 heavy (non-hydrogen) atoms. The first-order chi connectivity index (χ1) is 8.58. The van der Waals surface area contributed by atoms with Crippen molar-refractivity contribution in [3.05, 3.63) is 58.8 Å². The molecule has 1 atom stereocenters. The van der Waals surface area contributed by atoms with Crippen LogP contribution in [0.15, 0.2) is 41.6 Å². The molecule has 0 N–H and O–H groups in total. The number of nitrogens with zero attached hydrogens (tertiary/aromatic N) is 1. The topological polar surface area (TPSA) is 30.0 Å². The lowest BCUT2D eigenvalue weighted by molar-refractivity contribution is 0.679. The summed E-state index contributed by atoms with van der Waals surface area (Å²) in [4.78, 5) is 4.23. The maximum atomic E-state index is 12.3. The number of aromatic nitrogens is 1. The van der Waals surface area contributed by atoms with Crippen molar-refractivity contribution in [2.75, 3.05) is 0 Å². The van der Waals surface area contributed by atoms with E-state index in [0.717, 1.165) is 11.1 Å². The predicted molar refractivity (Wildman–Crippen MR) is 75.0 cm³/mol. The van der Waals surface area contributed by atoms with E-state index >= 15 is 0 Å². The first-order valence-electron chi connectivity index (χ1n) is 5.94. The lowest BCUT2D eigenvalue weighted by Gasteiger charge is -2.08. The van der Waals surface area contributed by atoms with Gasteiger partial charge in [0.1, 0.15) is 5.03 Å². The van der Waals surface area contributed by atoms with E-state index in [9.17, 15) is 4.21 Å².